The van der Waals surface area contributed by atoms with Crippen molar-refractivity contribution in [3.8, 4) is 0 Å². The molecule has 20 heavy (non-hydrogen) atoms. The fraction of sp³-hybridized carbons (Fsp3) is 0.944. The van der Waals surface area contributed by atoms with E-state index in [1.807, 2.05) is 0 Å². The average Bonchev–Trinajstić information content (AvgIpc) is 2.29. The quantitative estimate of drug-likeness (QED) is 0.592. The van der Waals surface area contributed by atoms with E-state index in [0.717, 1.165) is 12.8 Å². The maximum Gasteiger partial charge on any atom is 0.309 e. The second-order valence-corrected chi connectivity index (χ2v) is 8.15. The highest BCUT2D eigenvalue weighted by Gasteiger charge is 2.32. The molecule has 2 heteroatoms. The van der Waals surface area contributed by atoms with Crippen molar-refractivity contribution in [2.24, 2.45) is 29.1 Å². The zero-order chi connectivity index (χ0) is 16.1. The highest BCUT2D eigenvalue weighted by molar-refractivity contribution is 5.73. The van der Waals surface area contributed by atoms with Crippen LogP contribution in [0.5, 0.6) is 0 Å². The fourth-order valence-corrected chi connectivity index (χ4v) is 2.72. The van der Waals surface area contributed by atoms with Gasteiger partial charge >= 0.3 is 5.97 Å². The number of rotatable bonds is 7. The molecule has 2 atom stereocenters. The van der Waals surface area contributed by atoms with Gasteiger partial charge in [-0.05, 0) is 29.6 Å². The average molecular weight is 284 g/mol. The lowest BCUT2D eigenvalue weighted by Gasteiger charge is -2.32. The van der Waals surface area contributed by atoms with Crippen LogP contribution in [0.25, 0.3) is 0 Å². The van der Waals surface area contributed by atoms with E-state index in [0.29, 0.717) is 17.8 Å². The van der Waals surface area contributed by atoms with Gasteiger partial charge in [0.1, 0.15) is 6.10 Å². The number of esters is 1. The second-order valence-electron chi connectivity index (χ2n) is 8.15. The summed E-state index contributed by atoms with van der Waals surface area (Å²) in [5, 5.41) is 0. The van der Waals surface area contributed by atoms with Gasteiger partial charge in [-0.3, -0.25) is 4.79 Å². The molecule has 0 amide bonds. The Morgan fingerprint density at radius 1 is 1.00 bits per heavy atom. The zero-order valence-electron chi connectivity index (χ0n) is 15.1. The summed E-state index contributed by atoms with van der Waals surface area (Å²) in [6, 6.07) is 0. The molecule has 2 unspecified atom stereocenters. The van der Waals surface area contributed by atoms with E-state index in [4.69, 9.17) is 4.74 Å². The Kier molecular flexibility index (Phi) is 7.83. The summed E-state index contributed by atoms with van der Waals surface area (Å²) in [5.74, 6) is 1.13. The monoisotopic (exact) mass is 284 g/mol. The van der Waals surface area contributed by atoms with Gasteiger partial charge in [0.25, 0.3) is 0 Å². The second kappa shape index (κ2) is 8.05. The molecule has 0 aliphatic rings. The number of carbonyl (C=O) groups excluding carboxylic acids is 1. The molecule has 0 radical (unpaired) electrons. The summed E-state index contributed by atoms with van der Waals surface area (Å²) in [4.78, 5) is 12.6. The number of ether oxygens (including phenoxy) is 1. The maximum atomic E-state index is 12.6. The van der Waals surface area contributed by atoms with Crippen LogP contribution in [0.2, 0.25) is 0 Å². The van der Waals surface area contributed by atoms with Crippen molar-refractivity contribution in [2.75, 3.05) is 0 Å². The molecule has 0 aromatic rings. The Labute approximate surface area is 126 Å². The molecular weight excluding hydrogens is 248 g/mol. The normalized spacial score (nSPS) is 15.8. The van der Waals surface area contributed by atoms with Gasteiger partial charge in [-0.1, -0.05) is 68.7 Å². The minimum Gasteiger partial charge on any atom is -0.462 e. The van der Waals surface area contributed by atoms with Crippen LogP contribution in [-0.4, -0.2) is 12.1 Å². The first-order valence-electron chi connectivity index (χ1n) is 8.20. The highest BCUT2D eigenvalue weighted by Crippen LogP contribution is 2.32. The lowest BCUT2D eigenvalue weighted by Crippen LogP contribution is -2.35. The smallest absolute Gasteiger partial charge is 0.309 e. The SMILES string of the molecule is CCC(C)C(CC(C)(C)C)C(=O)OC(C(C)C)C(C)C. The molecule has 0 aromatic carbocycles. The van der Waals surface area contributed by atoms with E-state index in [1.165, 1.54) is 0 Å². The summed E-state index contributed by atoms with van der Waals surface area (Å²) < 4.78 is 5.87. The van der Waals surface area contributed by atoms with Crippen molar-refractivity contribution in [1.29, 1.82) is 0 Å². The standard InChI is InChI=1S/C18H36O2/c1-10-14(6)15(11-18(7,8)9)17(19)20-16(12(2)3)13(4)5/h12-16H,10-11H2,1-9H3. The lowest BCUT2D eigenvalue weighted by molar-refractivity contribution is -0.162. The third-order valence-electron chi connectivity index (χ3n) is 4.03. The molecule has 0 saturated carbocycles. The van der Waals surface area contributed by atoms with E-state index in [2.05, 4.69) is 62.3 Å². The first kappa shape index (κ1) is 19.5. The van der Waals surface area contributed by atoms with Gasteiger partial charge in [0, 0.05) is 0 Å². The summed E-state index contributed by atoms with van der Waals surface area (Å²) in [6.45, 7) is 19.4. The van der Waals surface area contributed by atoms with Crippen molar-refractivity contribution in [1.82, 2.24) is 0 Å². The van der Waals surface area contributed by atoms with Gasteiger partial charge in [0.05, 0.1) is 5.92 Å². The molecule has 0 aliphatic carbocycles. The van der Waals surface area contributed by atoms with Crippen molar-refractivity contribution in [3.05, 3.63) is 0 Å². The highest BCUT2D eigenvalue weighted by atomic mass is 16.5. The lowest BCUT2D eigenvalue weighted by atomic mass is 9.78. The molecule has 0 aromatic heterocycles. The molecule has 0 spiro atoms. The van der Waals surface area contributed by atoms with Crippen LogP contribution in [0.3, 0.4) is 0 Å². The molecule has 0 fully saturated rings. The predicted octanol–water partition coefficient (Wildman–Crippen LogP) is 5.31. The third-order valence-corrected chi connectivity index (χ3v) is 4.03. The molecule has 2 nitrogen and oxygen atoms in total. The topological polar surface area (TPSA) is 26.3 Å². The van der Waals surface area contributed by atoms with Crippen LogP contribution in [0, 0.1) is 29.1 Å². The number of hydrogen-bond acceptors (Lipinski definition) is 2. The summed E-state index contributed by atoms with van der Waals surface area (Å²) in [5.41, 5.74) is 0.151. The van der Waals surface area contributed by atoms with Crippen molar-refractivity contribution < 1.29 is 9.53 Å². The first-order valence-corrected chi connectivity index (χ1v) is 8.20. The van der Waals surface area contributed by atoms with Crippen LogP contribution >= 0.6 is 0 Å². The van der Waals surface area contributed by atoms with Gasteiger partial charge in [0.2, 0.25) is 0 Å². The Bertz CT molecular complexity index is 278. The fourth-order valence-electron chi connectivity index (χ4n) is 2.72. The van der Waals surface area contributed by atoms with Gasteiger partial charge < -0.3 is 4.74 Å². The van der Waals surface area contributed by atoms with Gasteiger partial charge in [0.15, 0.2) is 0 Å². The Balaban J connectivity index is 4.95. The van der Waals surface area contributed by atoms with E-state index < -0.39 is 0 Å². The zero-order valence-corrected chi connectivity index (χ0v) is 15.1. The number of carbonyl (C=O) groups is 1. The van der Waals surface area contributed by atoms with Crippen LogP contribution in [0.15, 0.2) is 0 Å². The van der Waals surface area contributed by atoms with Crippen molar-refractivity contribution in [3.63, 3.8) is 0 Å². The van der Waals surface area contributed by atoms with Crippen LogP contribution < -0.4 is 0 Å². The minimum atomic E-state index is 0.00155. The third kappa shape index (κ3) is 6.76. The van der Waals surface area contributed by atoms with Gasteiger partial charge in [-0.25, -0.2) is 0 Å². The molecule has 0 saturated heterocycles. The minimum absolute atomic E-state index is 0.00155. The molecule has 0 heterocycles. The molecule has 0 bridgehead atoms. The molecular formula is C18H36O2. The van der Waals surface area contributed by atoms with Crippen LogP contribution in [0.1, 0.15) is 75.2 Å². The molecule has 0 N–H and O–H groups in total. The predicted molar refractivity (Wildman–Crippen MR) is 86.6 cm³/mol. The van der Waals surface area contributed by atoms with Crippen LogP contribution in [-0.2, 0) is 9.53 Å². The van der Waals surface area contributed by atoms with E-state index >= 15 is 0 Å². The first-order chi connectivity index (χ1) is 8.99. The summed E-state index contributed by atoms with van der Waals surface area (Å²) >= 11 is 0. The summed E-state index contributed by atoms with van der Waals surface area (Å²) in [6.07, 6.45) is 1.93. The van der Waals surface area contributed by atoms with Gasteiger partial charge in [-0.2, -0.15) is 0 Å². The van der Waals surface area contributed by atoms with Crippen molar-refractivity contribution >= 4 is 5.97 Å². The Morgan fingerprint density at radius 3 is 1.75 bits per heavy atom. The van der Waals surface area contributed by atoms with Crippen molar-refractivity contribution in [2.45, 2.75) is 81.3 Å². The molecule has 120 valence electrons. The Hall–Kier alpha value is -0.530. The summed E-state index contributed by atoms with van der Waals surface area (Å²) in [7, 11) is 0. The van der Waals surface area contributed by atoms with E-state index in [1.54, 1.807) is 0 Å². The Morgan fingerprint density at radius 2 is 1.45 bits per heavy atom. The largest absolute Gasteiger partial charge is 0.462 e. The molecule has 0 rings (SSSR count). The van der Waals surface area contributed by atoms with E-state index in [9.17, 15) is 4.79 Å². The van der Waals surface area contributed by atoms with Crippen LogP contribution in [0.4, 0.5) is 0 Å². The number of hydrogen-bond donors (Lipinski definition) is 0. The maximum absolute atomic E-state index is 12.6. The molecule has 0 aliphatic heterocycles. The van der Waals surface area contributed by atoms with E-state index in [-0.39, 0.29) is 23.4 Å². The van der Waals surface area contributed by atoms with Gasteiger partial charge in [-0.15, -0.1) is 0 Å².